The predicted molar refractivity (Wildman–Crippen MR) is 145 cm³/mol. The number of ether oxygens (including phenoxy) is 2. The van der Waals surface area contributed by atoms with E-state index < -0.39 is 25.0 Å². The maximum atomic E-state index is 14.1. The average Bonchev–Trinajstić information content (AvgIpc) is 3.63. The molecule has 8 heteroatoms. The summed E-state index contributed by atoms with van der Waals surface area (Å²) < 4.78 is 37.7. The molecule has 2 fully saturated rings. The molecule has 4 rings (SSSR count). The number of halogens is 1. The Labute approximate surface area is 225 Å². The molecule has 1 heterocycles. The lowest BCUT2D eigenvalue weighted by molar-refractivity contribution is -0.160. The van der Waals surface area contributed by atoms with Crippen molar-refractivity contribution in [2.75, 3.05) is 13.2 Å². The van der Waals surface area contributed by atoms with Gasteiger partial charge < -0.3 is 18.5 Å². The van der Waals surface area contributed by atoms with E-state index in [1.807, 2.05) is 18.2 Å². The first-order valence-electron chi connectivity index (χ1n) is 13.2. The number of carbonyl (C=O) groups is 1. The third-order valence-corrected chi connectivity index (χ3v) is 10.6. The van der Waals surface area contributed by atoms with Crippen LogP contribution in [0.25, 0.3) is 0 Å². The maximum Gasteiger partial charge on any atom is 0.377 e. The summed E-state index contributed by atoms with van der Waals surface area (Å²) in [6, 6.07) is 17.3. The van der Waals surface area contributed by atoms with Crippen LogP contribution in [-0.4, -0.2) is 30.6 Å². The van der Waals surface area contributed by atoms with Gasteiger partial charge in [0.2, 0.25) is 0 Å². The monoisotopic (exact) mass is 548 g/mol. The molecule has 0 radical (unpaired) electrons. The molecule has 2 aromatic carbocycles. The third-order valence-electron chi connectivity index (χ3n) is 7.82. The fraction of sp³-hybridized carbons (Fsp3) is 0.552. The summed E-state index contributed by atoms with van der Waals surface area (Å²) in [6.45, 7) is 10.2. The summed E-state index contributed by atoms with van der Waals surface area (Å²) >= 11 is 6.07. The lowest BCUT2D eigenvalue weighted by Gasteiger charge is -2.44. The summed E-state index contributed by atoms with van der Waals surface area (Å²) in [4.78, 5) is 14.1. The van der Waals surface area contributed by atoms with Crippen molar-refractivity contribution in [2.24, 2.45) is 11.8 Å². The van der Waals surface area contributed by atoms with Crippen LogP contribution in [-0.2, 0) is 33.3 Å². The second-order valence-corrected chi connectivity index (χ2v) is 13.2. The number of epoxide rings is 1. The van der Waals surface area contributed by atoms with E-state index in [0.29, 0.717) is 16.5 Å². The van der Waals surface area contributed by atoms with Crippen LogP contribution in [0.15, 0.2) is 54.6 Å². The molecule has 0 aromatic heterocycles. The lowest BCUT2D eigenvalue weighted by Crippen LogP contribution is -2.45. The van der Waals surface area contributed by atoms with Crippen molar-refractivity contribution in [2.45, 2.75) is 76.8 Å². The Morgan fingerprint density at radius 3 is 2.27 bits per heavy atom. The van der Waals surface area contributed by atoms with Crippen LogP contribution in [0.1, 0.15) is 71.1 Å². The molecule has 2 aromatic rings. The average molecular weight is 549 g/mol. The molecule has 202 valence electrons. The van der Waals surface area contributed by atoms with E-state index in [4.69, 9.17) is 30.1 Å². The van der Waals surface area contributed by atoms with Crippen LogP contribution < -0.4 is 0 Å². The van der Waals surface area contributed by atoms with Crippen LogP contribution in [0.5, 0.6) is 0 Å². The number of hydrogen-bond donors (Lipinski definition) is 0. The summed E-state index contributed by atoms with van der Waals surface area (Å²) in [6.07, 6.45) is 1.52. The zero-order valence-corrected chi connectivity index (χ0v) is 24.0. The van der Waals surface area contributed by atoms with E-state index in [1.165, 1.54) is 5.56 Å². The molecule has 5 atom stereocenters. The first-order valence-corrected chi connectivity index (χ1v) is 15.1. The lowest BCUT2D eigenvalue weighted by atomic mass is 9.64. The van der Waals surface area contributed by atoms with Crippen molar-refractivity contribution in [1.82, 2.24) is 0 Å². The van der Waals surface area contributed by atoms with Gasteiger partial charge in [0.15, 0.2) is 0 Å². The Morgan fingerprint density at radius 1 is 1.05 bits per heavy atom. The van der Waals surface area contributed by atoms with Crippen molar-refractivity contribution < 1.29 is 27.9 Å². The van der Waals surface area contributed by atoms with Gasteiger partial charge in [-0.25, -0.2) is 4.79 Å². The molecule has 0 bridgehead atoms. The van der Waals surface area contributed by atoms with Gasteiger partial charge in [0.05, 0.1) is 13.2 Å². The van der Waals surface area contributed by atoms with Gasteiger partial charge in [0, 0.05) is 10.9 Å². The van der Waals surface area contributed by atoms with Crippen molar-refractivity contribution in [3.63, 3.8) is 0 Å². The van der Waals surface area contributed by atoms with Crippen molar-refractivity contribution >= 4 is 25.2 Å². The molecular formula is C29H38ClO6P. The molecule has 1 aliphatic heterocycles. The van der Waals surface area contributed by atoms with Crippen molar-refractivity contribution in [1.29, 1.82) is 0 Å². The van der Waals surface area contributed by atoms with E-state index >= 15 is 0 Å². The number of carbonyl (C=O) groups excluding carboxylic acids is 1. The van der Waals surface area contributed by atoms with E-state index in [9.17, 15) is 9.36 Å². The fourth-order valence-electron chi connectivity index (χ4n) is 5.71. The Bertz CT molecular complexity index is 1110. The quantitative estimate of drug-likeness (QED) is 0.172. The number of hydrogen-bond acceptors (Lipinski definition) is 6. The van der Waals surface area contributed by atoms with Gasteiger partial charge in [-0.3, -0.25) is 4.57 Å². The molecule has 6 nitrogen and oxygen atoms in total. The molecule has 0 N–H and O–H groups in total. The van der Waals surface area contributed by atoms with Crippen LogP contribution >= 0.6 is 19.2 Å². The highest BCUT2D eigenvalue weighted by Gasteiger charge is 2.78. The molecule has 0 unspecified atom stereocenters. The number of rotatable bonds is 10. The molecule has 37 heavy (non-hydrogen) atoms. The van der Waals surface area contributed by atoms with Crippen LogP contribution in [0.3, 0.4) is 0 Å². The minimum atomic E-state index is -4.03. The molecule has 1 saturated heterocycles. The summed E-state index contributed by atoms with van der Waals surface area (Å²) in [5.74, 6) is -0.210. The number of esters is 1. The Hall–Kier alpha value is -1.69. The van der Waals surface area contributed by atoms with Crippen LogP contribution in [0.4, 0.5) is 0 Å². The van der Waals surface area contributed by atoms with E-state index in [1.54, 1.807) is 38.1 Å². The van der Waals surface area contributed by atoms with Gasteiger partial charge in [0.1, 0.15) is 12.2 Å². The largest absolute Gasteiger partial charge is 0.459 e. The highest BCUT2D eigenvalue weighted by atomic mass is 35.5. The standard InChI is InChI=1S/C29H38ClO6P/c1-6-33-37(32,34-7-2)29(26(36-29)21-14-16-23(30)17-15-21)27(31)35-25-19-20(3)13-18-24(25)28(4,5)22-11-9-8-10-12-22/h8-12,14-17,20,24-26H,6-7,13,18-19H2,1-5H3/t20-,24-,25-,26-,29+/m1/s1. The summed E-state index contributed by atoms with van der Waals surface area (Å²) in [7, 11) is -4.03. The minimum Gasteiger partial charge on any atom is -0.459 e. The van der Waals surface area contributed by atoms with Gasteiger partial charge in [-0.2, -0.15) is 0 Å². The van der Waals surface area contributed by atoms with E-state index in [-0.39, 0.29) is 30.7 Å². The summed E-state index contributed by atoms with van der Waals surface area (Å²) in [5.41, 5.74) is 1.63. The fourth-order valence-corrected chi connectivity index (χ4v) is 7.92. The van der Waals surface area contributed by atoms with Crippen LogP contribution in [0, 0.1) is 11.8 Å². The second kappa shape index (κ2) is 11.2. The molecule has 1 aliphatic carbocycles. The zero-order chi connectivity index (χ0) is 26.8. The number of benzene rings is 2. The normalized spacial score (nSPS) is 28.1. The van der Waals surface area contributed by atoms with Gasteiger partial charge in [-0.05, 0) is 61.3 Å². The summed E-state index contributed by atoms with van der Waals surface area (Å²) in [5, 5.41) is -1.30. The smallest absolute Gasteiger partial charge is 0.377 e. The third kappa shape index (κ3) is 5.42. The molecule has 2 aliphatic rings. The first kappa shape index (κ1) is 28.3. The molecular weight excluding hydrogens is 511 g/mol. The first-order chi connectivity index (χ1) is 17.6. The predicted octanol–water partition coefficient (Wildman–Crippen LogP) is 7.70. The van der Waals surface area contributed by atoms with Crippen molar-refractivity contribution in [3.8, 4) is 0 Å². The Kier molecular flexibility index (Phi) is 8.57. The molecule has 0 spiro atoms. The van der Waals surface area contributed by atoms with Gasteiger partial charge in [0.25, 0.3) is 5.34 Å². The minimum absolute atomic E-state index is 0.0819. The van der Waals surface area contributed by atoms with Gasteiger partial charge in [-0.15, -0.1) is 0 Å². The molecule has 1 saturated carbocycles. The Balaban J connectivity index is 1.68. The van der Waals surface area contributed by atoms with Gasteiger partial charge >= 0.3 is 13.6 Å². The van der Waals surface area contributed by atoms with Gasteiger partial charge in [-0.1, -0.05) is 81.3 Å². The zero-order valence-electron chi connectivity index (χ0n) is 22.3. The van der Waals surface area contributed by atoms with Crippen molar-refractivity contribution in [3.05, 3.63) is 70.7 Å². The highest BCUT2D eigenvalue weighted by Crippen LogP contribution is 2.75. The molecule has 0 amide bonds. The second-order valence-electron chi connectivity index (χ2n) is 10.6. The van der Waals surface area contributed by atoms with Crippen LogP contribution in [0.2, 0.25) is 5.02 Å². The topological polar surface area (TPSA) is 74.4 Å². The van der Waals surface area contributed by atoms with E-state index in [0.717, 1.165) is 19.3 Å². The van der Waals surface area contributed by atoms with E-state index in [2.05, 4.69) is 32.9 Å². The SMILES string of the molecule is CCOP(=O)(OCC)[C@@]1(C(=O)O[C@@H]2C[C@H](C)CC[C@H]2C(C)(C)c2ccccc2)O[C@@H]1c1ccc(Cl)cc1. The maximum absolute atomic E-state index is 14.1. The Morgan fingerprint density at radius 2 is 1.68 bits per heavy atom. The highest BCUT2D eigenvalue weighted by molar-refractivity contribution is 7.57.